The van der Waals surface area contributed by atoms with Gasteiger partial charge in [0, 0.05) is 5.56 Å². The highest BCUT2D eigenvalue weighted by atomic mass is 35.5. The second kappa shape index (κ2) is 6.73. The Morgan fingerprint density at radius 2 is 1.71 bits per heavy atom. The van der Waals surface area contributed by atoms with E-state index in [0.717, 1.165) is 11.1 Å². The summed E-state index contributed by atoms with van der Waals surface area (Å²) in [5.41, 5.74) is 2.45. The summed E-state index contributed by atoms with van der Waals surface area (Å²) in [5.74, 6) is -0.307. The molecule has 0 fully saturated rings. The van der Waals surface area contributed by atoms with Crippen LogP contribution in [0.2, 0.25) is 10.0 Å². The highest BCUT2D eigenvalue weighted by Gasteiger charge is 2.18. The lowest BCUT2D eigenvalue weighted by molar-refractivity contribution is 0.102. The minimum Gasteiger partial charge on any atom is -0.293 e. The third-order valence-corrected chi connectivity index (χ3v) is 5.38. The van der Waals surface area contributed by atoms with Crippen molar-refractivity contribution >= 4 is 39.8 Å². The van der Waals surface area contributed by atoms with Crippen molar-refractivity contribution in [3.8, 4) is 0 Å². The lowest BCUT2D eigenvalue weighted by atomic mass is 10.0. The van der Waals surface area contributed by atoms with Crippen molar-refractivity contribution in [3.05, 3.63) is 63.1 Å². The molecule has 2 nitrogen and oxygen atoms in total. The first kappa shape index (κ1) is 16.2. The summed E-state index contributed by atoms with van der Waals surface area (Å²) in [6, 6.07) is 10.5. The first-order valence-corrected chi connectivity index (χ1v) is 8.40. The molecule has 0 aliphatic heterocycles. The molecule has 0 heterocycles. The highest BCUT2D eigenvalue weighted by Crippen LogP contribution is 2.28. The number of ketones is 1. The van der Waals surface area contributed by atoms with Gasteiger partial charge < -0.3 is 0 Å². The number of halogens is 2. The van der Waals surface area contributed by atoms with E-state index in [-0.39, 0.29) is 11.5 Å². The van der Waals surface area contributed by atoms with Crippen LogP contribution in [0.5, 0.6) is 0 Å². The largest absolute Gasteiger partial charge is 0.293 e. The average Bonchev–Trinajstić information content (AvgIpc) is 2.41. The molecule has 21 heavy (non-hydrogen) atoms. The van der Waals surface area contributed by atoms with Crippen LogP contribution in [-0.4, -0.2) is 15.7 Å². The zero-order valence-electron chi connectivity index (χ0n) is 11.7. The van der Waals surface area contributed by atoms with E-state index in [1.165, 1.54) is 0 Å². The maximum Gasteiger partial charge on any atom is 0.175 e. The molecule has 0 spiro atoms. The van der Waals surface area contributed by atoms with E-state index in [9.17, 15) is 9.00 Å². The SMILES string of the molecule is Cc1ccc(C)c(C(=O)CS(=O)c2c(Cl)cccc2Cl)c1. The van der Waals surface area contributed by atoms with Gasteiger partial charge in [0.25, 0.3) is 0 Å². The highest BCUT2D eigenvalue weighted by molar-refractivity contribution is 7.86. The number of Topliss-reactive ketones (excluding diaryl/α,β-unsaturated/α-hetero) is 1. The maximum absolute atomic E-state index is 12.4. The minimum absolute atomic E-state index is 0.131. The molecule has 0 amide bonds. The summed E-state index contributed by atoms with van der Waals surface area (Å²) >= 11 is 12.0. The van der Waals surface area contributed by atoms with Crippen LogP contribution in [0.15, 0.2) is 41.3 Å². The molecular weight excluding hydrogens is 327 g/mol. The molecule has 2 aromatic rings. The summed E-state index contributed by atoms with van der Waals surface area (Å²) in [7, 11) is -1.57. The van der Waals surface area contributed by atoms with Crippen molar-refractivity contribution < 1.29 is 9.00 Å². The Morgan fingerprint density at radius 1 is 1.10 bits per heavy atom. The summed E-state index contributed by atoms with van der Waals surface area (Å²) in [6.45, 7) is 3.77. The Hall–Kier alpha value is -1.16. The lowest BCUT2D eigenvalue weighted by Crippen LogP contribution is -2.13. The molecule has 0 radical (unpaired) electrons. The van der Waals surface area contributed by atoms with Crippen LogP contribution >= 0.6 is 23.2 Å². The van der Waals surface area contributed by atoms with Crippen molar-refractivity contribution in [2.75, 3.05) is 5.75 Å². The zero-order valence-corrected chi connectivity index (χ0v) is 14.0. The zero-order chi connectivity index (χ0) is 15.6. The molecule has 0 N–H and O–H groups in total. The number of hydrogen-bond donors (Lipinski definition) is 0. The Kier molecular flexibility index (Phi) is 5.20. The molecule has 0 aliphatic carbocycles. The van der Waals surface area contributed by atoms with E-state index >= 15 is 0 Å². The monoisotopic (exact) mass is 340 g/mol. The van der Waals surface area contributed by atoms with Gasteiger partial charge in [0.1, 0.15) is 0 Å². The standard InChI is InChI=1S/C16H14Cl2O2S/c1-10-6-7-11(2)12(8-10)15(19)9-21(20)16-13(17)4-3-5-14(16)18/h3-8H,9H2,1-2H3. The second-order valence-corrected chi connectivity index (χ2v) is 6.98. The van der Waals surface area contributed by atoms with Crippen molar-refractivity contribution in [2.24, 2.45) is 0 Å². The molecular formula is C16H14Cl2O2S. The molecule has 1 atom stereocenters. The van der Waals surface area contributed by atoms with Crippen LogP contribution in [0, 0.1) is 13.8 Å². The van der Waals surface area contributed by atoms with Crippen LogP contribution in [0.1, 0.15) is 21.5 Å². The first-order chi connectivity index (χ1) is 9.90. The predicted molar refractivity (Wildman–Crippen MR) is 88.0 cm³/mol. The number of carbonyl (C=O) groups is 1. The van der Waals surface area contributed by atoms with E-state index < -0.39 is 10.8 Å². The molecule has 110 valence electrons. The molecule has 2 aromatic carbocycles. The van der Waals surface area contributed by atoms with Crippen LogP contribution in [0.25, 0.3) is 0 Å². The fourth-order valence-corrected chi connectivity index (χ4v) is 4.03. The Balaban J connectivity index is 2.27. The number of carbonyl (C=O) groups excluding carboxylic acids is 1. The number of rotatable bonds is 4. The van der Waals surface area contributed by atoms with Crippen LogP contribution in [0.4, 0.5) is 0 Å². The normalized spacial score (nSPS) is 12.2. The summed E-state index contributed by atoms with van der Waals surface area (Å²) in [4.78, 5) is 12.7. The van der Waals surface area contributed by atoms with Gasteiger partial charge in [0.05, 0.1) is 31.5 Å². The Labute approximate surface area is 136 Å². The van der Waals surface area contributed by atoms with Crippen molar-refractivity contribution in [3.63, 3.8) is 0 Å². The van der Waals surface area contributed by atoms with E-state index in [4.69, 9.17) is 23.2 Å². The van der Waals surface area contributed by atoms with Gasteiger partial charge in [-0.1, -0.05) is 47.0 Å². The van der Waals surface area contributed by atoms with Crippen molar-refractivity contribution in [1.29, 1.82) is 0 Å². The predicted octanol–water partition coefficient (Wildman–Crippen LogP) is 4.60. The van der Waals surface area contributed by atoms with Gasteiger partial charge >= 0.3 is 0 Å². The molecule has 5 heteroatoms. The van der Waals surface area contributed by atoms with E-state index in [0.29, 0.717) is 20.5 Å². The Bertz CT molecular complexity index is 706. The lowest BCUT2D eigenvalue weighted by Gasteiger charge is -2.08. The third kappa shape index (κ3) is 3.73. The quantitative estimate of drug-likeness (QED) is 0.762. The maximum atomic E-state index is 12.4. The third-order valence-electron chi connectivity index (χ3n) is 3.10. The van der Waals surface area contributed by atoms with Gasteiger partial charge in [-0.05, 0) is 37.6 Å². The molecule has 2 rings (SSSR count). The molecule has 0 aliphatic rings. The van der Waals surface area contributed by atoms with E-state index in [1.807, 2.05) is 32.0 Å². The second-order valence-electron chi connectivity index (χ2n) is 4.78. The summed E-state index contributed by atoms with van der Waals surface area (Å²) in [5, 5.41) is 0.629. The van der Waals surface area contributed by atoms with Crippen molar-refractivity contribution in [1.82, 2.24) is 0 Å². The number of hydrogen-bond acceptors (Lipinski definition) is 2. The van der Waals surface area contributed by atoms with Gasteiger partial charge in [0.15, 0.2) is 5.78 Å². The summed E-state index contributed by atoms with van der Waals surface area (Å²) < 4.78 is 12.4. The first-order valence-electron chi connectivity index (χ1n) is 6.33. The van der Waals surface area contributed by atoms with Crippen LogP contribution in [-0.2, 0) is 10.8 Å². The van der Waals surface area contributed by atoms with Crippen LogP contribution < -0.4 is 0 Å². The molecule has 0 saturated carbocycles. The Morgan fingerprint density at radius 3 is 2.33 bits per heavy atom. The van der Waals surface area contributed by atoms with Gasteiger partial charge in [-0.15, -0.1) is 0 Å². The minimum atomic E-state index is -1.57. The van der Waals surface area contributed by atoms with E-state index in [1.54, 1.807) is 18.2 Å². The molecule has 0 aromatic heterocycles. The van der Waals surface area contributed by atoms with E-state index in [2.05, 4.69) is 0 Å². The van der Waals surface area contributed by atoms with Gasteiger partial charge in [-0.2, -0.15) is 0 Å². The summed E-state index contributed by atoms with van der Waals surface area (Å²) in [6.07, 6.45) is 0. The fourth-order valence-electron chi connectivity index (χ4n) is 2.01. The van der Waals surface area contributed by atoms with Gasteiger partial charge in [-0.3, -0.25) is 9.00 Å². The van der Waals surface area contributed by atoms with Gasteiger partial charge in [0.2, 0.25) is 0 Å². The smallest absolute Gasteiger partial charge is 0.175 e. The van der Waals surface area contributed by atoms with Crippen molar-refractivity contribution in [2.45, 2.75) is 18.7 Å². The molecule has 0 saturated heterocycles. The average molecular weight is 341 g/mol. The van der Waals surface area contributed by atoms with Gasteiger partial charge in [-0.25, -0.2) is 0 Å². The molecule has 0 bridgehead atoms. The fraction of sp³-hybridized carbons (Fsp3) is 0.188. The molecule has 1 unspecified atom stereocenters. The topological polar surface area (TPSA) is 34.1 Å². The number of aryl methyl sites for hydroxylation is 2. The number of benzene rings is 2. The van der Waals surface area contributed by atoms with Crippen LogP contribution in [0.3, 0.4) is 0 Å².